The maximum absolute atomic E-state index is 11.2. The highest BCUT2D eigenvalue weighted by Crippen LogP contribution is 2.61. The number of hydrogen-bond acceptors (Lipinski definition) is 3. The molecule has 0 heterocycles. The van der Waals surface area contributed by atoms with E-state index in [1.165, 1.54) is 51.5 Å². The molecule has 5 rings (SSSR count). The number of rotatable bonds is 7. The van der Waals surface area contributed by atoms with Gasteiger partial charge in [0.1, 0.15) is 0 Å². The van der Waals surface area contributed by atoms with Crippen molar-refractivity contribution in [2.75, 3.05) is 13.1 Å². The fraction of sp³-hybridized carbons (Fsp3) is 0.342. The van der Waals surface area contributed by atoms with Gasteiger partial charge in [-0.3, -0.25) is 4.79 Å². The van der Waals surface area contributed by atoms with Crippen LogP contribution in [-0.4, -0.2) is 19.0 Å². The van der Waals surface area contributed by atoms with Crippen LogP contribution in [0.3, 0.4) is 0 Å². The molecule has 4 nitrogen and oxygen atoms in total. The van der Waals surface area contributed by atoms with Crippen molar-refractivity contribution < 1.29 is 4.79 Å². The second-order valence-corrected chi connectivity index (χ2v) is 12.7. The summed E-state index contributed by atoms with van der Waals surface area (Å²) in [4.78, 5) is 11.2. The Morgan fingerprint density at radius 2 is 1.76 bits per heavy atom. The van der Waals surface area contributed by atoms with Crippen LogP contribution in [0.15, 0.2) is 96.3 Å². The third kappa shape index (κ3) is 4.77. The fourth-order valence-corrected chi connectivity index (χ4v) is 7.94. The lowest BCUT2D eigenvalue weighted by Gasteiger charge is -2.53. The molecule has 218 valence electrons. The Kier molecular flexibility index (Phi) is 7.70. The number of fused-ring (bicyclic) bond motifs is 3. The predicted molar refractivity (Wildman–Crippen MR) is 177 cm³/mol. The Hall–Kier alpha value is -4.05. The zero-order valence-corrected chi connectivity index (χ0v) is 26.0. The van der Waals surface area contributed by atoms with Gasteiger partial charge in [0.05, 0.1) is 0 Å². The molecule has 2 aromatic carbocycles. The topological polar surface area (TPSA) is 67.2 Å². The molecule has 1 amide bonds. The number of nitrogens with one attached hydrogen (secondary N) is 2. The predicted octanol–water partition coefficient (Wildman–Crippen LogP) is 7.64. The summed E-state index contributed by atoms with van der Waals surface area (Å²) < 4.78 is 0. The smallest absolute Gasteiger partial charge is 0.216 e. The van der Waals surface area contributed by atoms with Crippen molar-refractivity contribution in [3.63, 3.8) is 0 Å². The second kappa shape index (κ2) is 11.0. The van der Waals surface area contributed by atoms with Crippen molar-refractivity contribution in [2.24, 2.45) is 23.0 Å². The molecule has 0 saturated heterocycles. The highest BCUT2D eigenvalue weighted by atomic mass is 16.1. The Morgan fingerprint density at radius 3 is 2.45 bits per heavy atom. The van der Waals surface area contributed by atoms with Crippen molar-refractivity contribution in [2.45, 2.75) is 53.9 Å². The summed E-state index contributed by atoms with van der Waals surface area (Å²) in [6, 6.07) is 13.1. The lowest BCUT2D eigenvalue weighted by atomic mass is 9.51. The molecule has 0 fully saturated rings. The van der Waals surface area contributed by atoms with Crippen LogP contribution in [0.1, 0.15) is 62.8 Å². The van der Waals surface area contributed by atoms with Crippen LogP contribution in [0.4, 0.5) is 0 Å². The Labute approximate surface area is 251 Å². The van der Waals surface area contributed by atoms with Gasteiger partial charge in [-0.05, 0) is 114 Å². The maximum atomic E-state index is 11.2. The first-order chi connectivity index (χ1) is 19.9. The number of allylic oxidation sites excluding steroid dienone is 5. The van der Waals surface area contributed by atoms with E-state index in [9.17, 15) is 4.79 Å². The molecule has 1 unspecified atom stereocenters. The first-order valence-electron chi connectivity index (χ1n) is 15.0. The summed E-state index contributed by atoms with van der Waals surface area (Å²) in [6.45, 7) is 29.5. The minimum atomic E-state index is -0.156. The van der Waals surface area contributed by atoms with Gasteiger partial charge in [0.25, 0.3) is 0 Å². The Balaban J connectivity index is 1.53. The molecular weight excluding hydrogens is 514 g/mol. The van der Waals surface area contributed by atoms with Crippen LogP contribution < -0.4 is 16.4 Å². The van der Waals surface area contributed by atoms with Gasteiger partial charge in [0.2, 0.25) is 5.91 Å². The molecular formula is C38H45N3O. The van der Waals surface area contributed by atoms with E-state index in [2.05, 4.69) is 94.5 Å². The standard InChI is InChI=1S/C38H45N3O/c1-21-13-14-33(30-12-10-11-29(18-30)27(7)40-15-16-41-28(8)42)34-20-31-19-32-17-22(2)36(26(6)39)24(4)38(32,9)25(5)37(31)23(3)35(21)34/h10-14,18,31-32,40H,3-4,6-7,15-17,19-20,39H2,1-2,5,8-9H3,(H,41,42)/t31?,32-,38+/m1/s1. The lowest BCUT2D eigenvalue weighted by Crippen LogP contribution is -2.42. The van der Waals surface area contributed by atoms with Gasteiger partial charge >= 0.3 is 0 Å². The van der Waals surface area contributed by atoms with Gasteiger partial charge < -0.3 is 16.4 Å². The van der Waals surface area contributed by atoms with Crippen LogP contribution in [-0.2, 0) is 11.2 Å². The minimum absolute atomic E-state index is 0.0304. The normalized spacial score (nSPS) is 23.2. The molecule has 0 aliphatic heterocycles. The minimum Gasteiger partial charge on any atom is -0.399 e. The summed E-state index contributed by atoms with van der Waals surface area (Å²) in [5, 5.41) is 6.17. The van der Waals surface area contributed by atoms with E-state index in [0.717, 1.165) is 47.2 Å². The molecule has 3 aliphatic rings. The van der Waals surface area contributed by atoms with Crippen LogP contribution in [0.2, 0.25) is 0 Å². The van der Waals surface area contributed by atoms with Gasteiger partial charge in [-0.15, -0.1) is 0 Å². The lowest BCUT2D eigenvalue weighted by molar-refractivity contribution is -0.118. The number of aryl methyl sites for hydroxylation is 1. The third-order valence-corrected chi connectivity index (χ3v) is 10.2. The van der Waals surface area contributed by atoms with Crippen LogP contribution in [0.25, 0.3) is 22.4 Å². The quantitative estimate of drug-likeness (QED) is 0.306. The highest BCUT2D eigenvalue weighted by Gasteiger charge is 2.50. The molecule has 4 heteroatoms. The number of carbonyl (C=O) groups is 1. The van der Waals surface area contributed by atoms with Gasteiger partial charge in [-0.1, -0.05) is 74.7 Å². The largest absolute Gasteiger partial charge is 0.399 e. The number of benzene rings is 2. The number of amides is 1. The number of carbonyl (C=O) groups excluding carboxylic acids is 1. The van der Waals surface area contributed by atoms with E-state index in [1.54, 1.807) is 0 Å². The molecule has 3 aliphatic carbocycles. The van der Waals surface area contributed by atoms with Gasteiger partial charge in [0, 0.05) is 36.8 Å². The van der Waals surface area contributed by atoms with E-state index in [1.807, 2.05) is 0 Å². The molecule has 0 aromatic heterocycles. The molecule has 0 bridgehead atoms. The Bertz CT molecular complexity index is 1620. The molecule has 2 aromatic rings. The summed E-state index contributed by atoms with van der Waals surface area (Å²) in [5.74, 6) is 0.859. The van der Waals surface area contributed by atoms with E-state index < -0.39 is 0 Å². The summed E-state index contributed by atoms with van der Waals surface area (Å²) >= 11 is 0. The average molecular weight is 560 g/mol. The summed E-state index contributed by atoms with van der Waals surface area (Å²) in [7, 11) is 0. The highest BCUT2D eigenvalue weighted by molar-refractivity contribution is 5.89. The fourth-order valence-electron chi connectivity index (χ4n) is 7.94. The molecule has 0 radical (unpaired) electrons. The second-order valence-electron chi connectivity index (χ2n) is 12.7. The zero-order chi connectivity index (χ0) is 30.5. The monoisotopic (exact) mass is 559 g/mol. The average Bonchev–Trinajstić information content (AvgIpc) is 2.93. The van der Waals surface area contributed by atoms with Crippen molar-refractivity contribution in [1.29, 1.82) is 0 Å². The van der Waals surface area contributed by atoms with Gasteiger partial charge in [0.15, 0.2) is 0 Å². The van der Waals surface area contributed by atoms with E-state index in [0.29, 0.717) is 30.6 Å². The zero-order valence-electron chi connectivity index (χ0n) is 26.0. The molecule has 42 heavy (non-hydrogen) atoms. The van der Waals surface area contributed by atoms with Crippen LogP contribution in [0.5, 0.6) is 0 Å². The molecule has 0 saturated carbocycles. The Morgan fingerprint density at radius 1 is 1.05 bits per heavy atom. The van der Waals surface area contributed by atoms with Crippen LogP contribution in [0, 0.1) is 24.2 Å². The SMILES string of the molecule is C=C(N)C1=C(C)C[C@@H]2CC3Cc4c(-c5cccc(C(=C)NCCNC(C)=O)c5)ccc(C)c4C(=C)C3=C(C)[C@]2(C)C1=C. The van der Waals surface area contributed by atoms with Gasteiger partial charge in [-0.2, -0.15) is 0 Å². The number of hydrogen-bond donors (Lipinski definition) is 3. The summed E-state index contributed by atoms with van der Waals surface area (Å²) in [6.07, 6.45) is 3.11. The van der Waals surface area contributed by atoms with Crippen molar-refractivity contribution >= 4 is 17.2 Å². The van der Waals surface area contributed by atoms with Gasteiger partial charge in [-0.25, -0.2) is 0 Å². The molecule has 3 atom stereocenters. The van der Waals surface area contributed by atoms with Crippen molar-refractivity contribution in [3.8, 4) is 11.1 Å². The van der Waals surface area contributed by atoms with E-state index >= 15 is 0 Å². The third-order valence-electron chi connectivity index (χ3n) is 10.2. The number of nitrogens with two attached hydrogens (primary N) is 1. The maximum Gasteiger partial charge on any atom is 0.216 e. The molecule has 4 N–H and O–H groups in total. The first-order valence-corrected chi connectivity index (χ1v) is 15.0. The van der Waals surface area contributed by atoms with E-state index in [-0.39, 0.29) is 11.3 Å². The van der Waals surface area contributed by atoms with E-state index in [4.69, 9.17) is 12.3 Å². The van der Waals surface area contributed by atoms with Crippen molar-refractivity contribution in [1.82, 2.24) is 10.6 Å². The first kappa shape index (κ1) is 29.4. The van der Waals surface area contributed by atoms with Crippen molar-refractivity contribution in [3.05, 3.63) is 119 Å². The summed E-state index contributed by atoms with van der Waals surface area (Å²) in [5.41, 5.74) is 22.5. The van der Waals surface area contributed by atoms with Crippen LogP contribution >= 0.6 is 0 Å². The molecule has 0 spiro atoms.